The molecule has 104 valence electrons. The normalized spacial score (nSPS) is 11.9. The molecule has 0 unspecified atom stereocenters. The Morgan fingerprint density at radius 3 is 2.25 bits per heavy atom. The maximum atomic E-state index is 12.2. The second-order valence-electron chi connectivity index (χ2n) is 4.94. The van der Waals surface area contributed by atoms with Crippen LogP contribution in [0.15, 0.2) is 48.5 Å². The van der Waals surface area contributed by atoms with E-state index in [-0.39, 0.29) is 11.9 Å². The molecule has 0 aliphatic heterocycles. The summed E-state index contributed by atoms with van der Waals surface area (Å²) in [4.78, 5) is 12.2. The lowest BCUT2D eigenvalue weighted by molar-refractivity contribution is 0.0940. The minimum atomic E-state index is -0.0702. The Hall–Kier alpha value is -1.80. The molecule has 2 nitrogen and oxygen atoms in total. The van der Waals surface area contributed by atoms with E-state index in [1.54, 1.807) is 12.1 Å². The fraction of sp³-hybridized carbons (Fsp3) is 0.235. The molecule has 0 saturated heterocycles. The summed E-state index contributed by atoms with van der Waals surface area (Å²) in [5, 5.41) is 3.00. The van der Waals surface area contributed by atoms with Gasteiger partial charge in [-0.2, -0.15) is 0 Å². The maximum Gasteiger partial charge on any atom is 0.251 e. The summed E-state index contributed by atoms with van der Waals surface area (Å²) in [6.45, 7) is 4.03. The Morgan fingerprint density at radius 1 is 1.10 bits per heavy atom. The fourth-order valence-corrected chi connectivity index (χ4v) is 2.14. The fourth-order valence-electron chi connectivity index (χ4n) is 1.96. The molecule has 0 heterocycles. The molecule has 1 N–H and O–H groups in total. The summed E-state index contributed by atoms with van der Waals surface area (Å²) in [7, 11) is 0. The van der Waals surface area contributed by atoms with Gasteiger partial charge in [0.2, 0.25) is 0 Å². The van der Waals surface area contributed by atoms with Crippen LogP contribution in [0.1, 0.15) is 40.0 Å². The number of rotatable bonds is 4. The van der Waals surface area contributed by atoms with Crippen LogP contribution in [-0.2, 0) is 5.88 Å². The SMILES string of the molecule is Cc1ccc([C@H](C)NC(=O)c2ccc(CCl)cc2)cc1. The van der Waals surface area contributed by atoms with E-state index in [4.69, 9.17) is 11.6 Å². The van der Waals surface area contributed by atoms with Gasteiger partial charge in [-0.3, -0.25) is 4.79 Å². The molecule has 0 radical (unpaired) electrons. The van der Waals surface area contributed by atoms with E-state index in [1.807, 2.05) is 50.2 Å². The third-order valence-electron chi connectivity index (χ3n) is 3.30. The largest absolute Gasteiger partial charge is 0.346 e. The predicted molar refractivity (Wildman–Crippen MR) is 83.1 cm³/mol. The van der Waals surface area contributed by atoms with Crippen molar-refractivity contribution < 1.29 is 4.79 Å². The molecule has 3 heteroatoms. The Balaban J connectivity index is 2.04. The van der Waals surface area contributed by atoms with Crippen LogP contribution in [0.2, 0.25) is 0 Å². The third-order valence-corrected chi connectivity index (χ3v) is 3.60. The topological polar surface area (TPSA) is 29.1 Å². The minimum Gasteiger partial charge on any atom is -0.346 e. The van der Waals surface area contributed by atoms with Gasteiger partial charge in [0, 0.05) is 11.4 Å². The summed E-state index contributed by atoms with van der Waals surface area (Å²) < 4.78 is 0. The first kappa shape index (κ1) is 14.6. The second-order valence-corrected chi connectivity index (χ2v) is 5.20. The minimum absolute atomic E-state index is 0.0178. The van der Waals surface area contributed by atoms with Crippen molar-refractivity contribution in [2.75, 3.05) is 0 Å². The van der Waals surface area contributed by atoms with Crippen LogP contribution < -0.4 is 5.32 Å². The van der Waals surface area contributed by atoms with E-state index in [2.05, 4.69) is 5.32 Å². The molecular formula is C17H18ClNO. The van der Waals surface area contributed by atoms with Gasteiger partial charge >= 0.3 is 0 Å². The van der Waals surface area contributed by atoms with E-state index >= 15 is 0 Å². The molecule has 1 atom stereocenters. The van der Waals surface area contributed by atoms with E-state index in [1.165, 1.54) is 5.56 Å². The zero-order valence-electron chi connectivity index (χ0n) is 11.7. The quantitative estimate of drug-likeness (QED) is 0.838. The molecule has 0 bridgehead atoms. The molecule has 0 fully saturated rings. The van der Waals surface area contributed by atoms with Gasteiger partial charge < -0.3 is 5.32 Å². The molecule has 20 heavy (non-hydrogen) atoms. The van der Waals surface area contributed by atoms with Crippen LogP contribution in [0.25, 0.3) is 0 Å². The van der Waals surface area contributed by atoms with Gasteiger partial charge in [0.15, 0.2) is 0 Å². The van der Waals surface area contributed by atoms with Crippen molar-refractivity contribution in [2.24, 2.45) is 0 Å². The summed E-state index contributed by atoms with van der Waals surface area (Å²) >= 11 is 5.74. The van der Waals surface area contributed by atoms with E-state index in [9.17, 15) is 4.79 Å². The molecular weight excluding hydrogens is 270 g/mol. The Bertz CT molecular complexity index is 575. The van der Waals surface area contributed by atoms with Gasteiger partial charge in [-0.1, -0.05) is 42.0 Å². The predicted octanol–water partition coefficient (Wildman–Crippen LogP) is 4.22. The van der Waals surface area contributed by atoms with Crippen molar-refractivity contribution in [3.05, 3.63) is 70.8 Å². The highest BCUT2D eigenvalue weighted by atomic mass is 35.5. The second kappa shape index (κ2) is 6.58. The van der Waals surface area contributed by atoms with Gasteiger partial charge in [0.05, 0.1) is 6.04 Å². The van der Waals surface area contributed by atoms with Gasteiger partial charge in [-0.05, 0) is 37.1 Å². The zero-order valence-corrected chi connectivity index (χ0v) is 12.4. The Morgan fingerprint density at radius 2 is 1.70 bits per heavy atom. The van der Waals surface area contributed by atoms with Crippen molar-refractivity contribution in [3.8, 4) is 0 Å². The lowest BCUT2D eigenvalue weighted by Gasteiger charge is -2.14. The van der Waals surface area contributed by atoms with E-state index < -0.39 is 0 Å². The van der Waals surface area contributed by atoms with Crippen LogP contribution in [0, 0.1) is 6.92 Å². The van der Waals surface area contributed by atoms with Crippen molar-refractivity contribution >= 4 is 17.5 Å². The molecule has 2 aromatic rings. The highest BCUT2D eigenvalue weighted by Crippen LogP contribution is 2.14. The molecule has 0 spiro atoms. The highest BCUT2D eigenvalue weighted by Gasteiger charge is 2.11. The monoisotopic (exact) mass is 287 g/mol. The van der Waals surface area contributed by atoms with Crippen LogP contribution in [0.3, 0.4) is 0 Å². The van der Waals surface area contributed by atoms with Crippen LogP contribution in [0.4, 0.5) is 0 Å². The molecule has 2 rings (SSSR count). The number of amides is 1. The van der Waals surface area contributed by atoms with Crippen molar-refractivity contribution in [1.82, 2.24) is 5.32 Å². The maximum absolute atomic E-state index is 12.2. The number of carbonyl (C=O) groups is 1. The molecule has 1 amide bonds. The molecule has 0 aliphatic rings. The third kappa shape index (κ3) is 3.61. The van der Waals surface area contributed by atoms with Crippen LogP contribution >= 0.6 is 11.6 Å². The summed E-state index contributed by atoms with van der Waals surface area (Å²) in [5.74, 6) is 0.390. The first-order chi connectivity index (χ1) is 9.60. The van der Waals surface area contributed by atoms with Gasteiger partial charge in [0.25, 0.3) is 5.91 Å². The number of hydrogen-bond donors (Lipinski definition) is 1. The first-order valence-corrected chi connectivity index (χ1v) is 7.16. The first-order valence-electron chi connectivity index (χ1n) is 6.62. The molecule has 0 aromatic heterocycles. The number of halogens is 1. The van der Waals surface area contributed by atoms with Crippen LogP contribution in [0.5, 0.6) is 0 Å². The van der Waals surface area contributed by atoms with Gasteiger partial charge in [-0.15, -0.1) is 11.6 Å². The summed E-state index contributed by atoms with van der Waals surface area (Å²) in [6, 6.07) is 15.5. The summed E-state index contributed by atoms with van der Waals surface area (Å²) in [6.07, 6.45) is 0. The number of carbonyl (C=O) groups excluding carboxylic acids is 1. The van der Waals surface area contributed by atoms with Gasteiger partial charge in [-0.25, -0.2) is 0 Å². The standard InChI is InChI=1S/C17H18ClNO/c1-12-3-7-15(8-4-12)13(2)19-17(20)16-9-5-14(11-18)6-10-16/h3-10,13H,11H2,1-2H3,(H,19,20)/t13-/m0/s1. The van der Waals surface area contributed by atoms with Gasteiger partial charge in [0.1, 0.15) is 0 Å². The average molecular weight is 288 g/mol. The number of nitrogens with one attached hydrogen (secondary N) is 1. The lowest BCUT2D eigenvalue weighted by atomic mass is 10.1. The molecule has 0 aliphatic carbocycles. The number of benzene rings is 2. The Labute approximate surface area is 124 Å². The Kier molecular flexibility index (Phi) is 4.80. The lowest BCUT2D eigenvalue weighted by Crippen LogP contribution is -2.26. The van der Waals surface area contributed by atoms with Crippen molar-refractivity contribution in [3.63, 3.8) is 0 Å². The van der Waals surface area contributed by atoms with Crippen LogP contribution in [-0.4, -0.2) is 5.91 Å². The van der Waals surface area contributed by atoms with E-state index in [0.717, 1.165) is 11.1 Å². The van der Waals surface area contributed by atoms with Crippen molar-refractivity contribution in [1.29, 1.82) is 0 Å². The highest BCUT2D eigenvalue weighted by molar-refractivity contribution is 6.17. The molecule has 0 saturated carbocycles. The zero-order chi connectivity index (χ0) is 14.5. The van der Waals surface area contributed by atoms with Crippen molar-refractivity contribution in [2.45, 2.75) is 25.8 Å². The molecule has 2 aromatic carbocycles. The number of aryl methyl sites for hydroxylation is 1. The number of alkyl halides is 1. The number of hydrogen-bond acceptors (Lipinski definition) is 1. The average Bonchev–Trinajstić information content (AvgIpc) is 2.48. The summed E-state index contributed by atoms with van der Waals surface area (Å²) in [5.41, 5.74) is 3.97. The smallest absolute Gasteiger partial charge is 0.251 e. The van der Waals surface area contributed by atoms with E-state index in [0.29, 0.717) is 11.4 Å².